The summed E-state index contributed by atoms with van der Waals surface area (Å²) >= 11 is 0. The first-order chi connectivity index (χ1) is 17.7. The average Bonchev–Trinajstić information content (AvgIpc) is 3.19. The molecule has 10 atom stereocenters. The van der Waals surface area contributed by atoms with Crippen LogP contribution in [-0.2, 0) is 23.9 Å². The zero-order valence-electron chi connectivity index (χ0n) is 24.3. The van der Waals surface area contributed by atoms with Crippen LogP contribution in [0.25, 0.3) is 0 Å². The van der Waals surface area contributed by atoms with Crippen molar-refractivity contribution in [3.8, 4) is 0 Å². The molecule has 0 aromatic heterocycles. The van der Waals surface area contributed by atoms with Crippen LogP contribution in [0.5, 0.6) is 0 Å². The summed E-state index contributed by atoms with van der Waals surface area (Å²) in [4.78, 5) is 36.0. The van der Waals surface area contributed by atoms with Gasteiger partial charge in [0.2, 0.25) is 0 Å². The Morgan fingerprint density at radius 3 is 2.32 bits per heavy atom. The molecule has 4 aliphatic carbocycles. The lowest BCUT2D eigenvalue weighted by Crippen LogP contribution is -2.71. The van der Waals surface area contributed by atoms with E-state index in [9.17, 15) is 24.6 Å². The molecule has 38 heavy (non-hydrogen) atoms. The number of aliphatic hydroxyl groups is 2. The van der Waals surface area contributed by atoms with Crippen LogP contribution in [0.2, 0.25) is 0 Å². The van der Waals surface area contributed by atoms with E-state index in [1.54, 1.807) is 0 Å². The summed E-state index contributed by atoms with van der Waals surface area (Å²) in [5.74, 6) is 1.44. The third-order valence-electron chi connectivity index (χ3n) is 11.6. The molecule has 4 aliphatic rings. The molecule has 2 N–H and O–H groups in total. The Bertz CT molecular complexity index is 916. The highest BCUT2D eigenvalue weighted by atomic mass is 16.5. The number of esters is 2. The number of aliphatic hydroxyl groups excluding tert-OH is 1. The first-order valence-electron chi connectivity index (χ1n) is 15.0. The maximum absolute atomic E-state index is 12.3. The summed E-state index contributed by atoms with van der Waals surface area (Å²) in [6.07, 6.45) is 6.15. The monoisotopic (exact) mass is 534 g/mol. The molecule has 4 rings (SSSR count). The number of rotatable bonds is 8. The third-order valence-corrected chi connectivity index (χ3v) is 11.6. The zero-order chi connectivity index (χ0) is 28.0. The van der Waals surface area contributed by atoms with Crippen LogP contribution in [0.1, 0.15) is 106 Å². The largest absolute Gasteiger partial charge is 0.465 e. The van der Waals surface area contributed by atoms with Gasteiger partial charge in [0.25, 0.3) is 0 Å². The van der Waals surface area contributed by atoms with Gasteiger partial charge in [-0.05, 0) is 86.4 Å². The number of ketones is 1. The van der Waals surface area contributed by atoms with Gasteiger partial charge in [0.1, 0.15) is 24.1 Å². The van der Waals surface area contributed by atoms with Crippen LogP contribution < -0.4 is 0 Å². The Labute approximate surface area is 228 Å². The van der Waals surface area contributed by atoms with Crippen LogP contribution >= 0.6 is 0 Å². The van der Waals surface area contributed by atoms with Gasteiger partial charge in [-0.25, -0.2) is 0 Å². The molecule has 0 bridgehead atoms. The van der Waals surface area contributed by atoms with Crippen molar-refractivity contribution in [3.05, 3.63) is 0 Å². The number of fused-ring (bicyclic) bond motifs is 5. The van der Waals surface area contributed by atoms with Gasteiger partial charge < -0.3 is 19.7 Å². The van der Waals surface area contributed by atoms with Crippen molar-refractivity contribution in [2.75, 3.05) is 6.61 Å². The number of Topliss-reactive ketones (excluding diaryl/α,β-unsaturated/α-hetero) is 1. The summed E-state index contributed by atoms with van der Waals surface area (Å²) in [6, 6.07) is 0. The van der Waals surface area contributed by atoms with Crippen molar-refractivity contribution in [2.45, 2.75) is 124 Å². The molecule has 0 heterocycles. The van der Waals surface area contributed by atoms with E-state index in [4.69, 9.17) is 9.47 Å². The first kappa shape index (κ1) is 29.5. The van der Waals surface area contributed by atoms with E-state index in [1.165, 1.54) is 13.8 Å². The highest BCUT2D eigenvalue weighted by molar-refractivity contribution is 5.80. The number of carbonyl (C=O) groups excluding carboxylic acids is 3. The molecule has 0 aromatic rings. The smallest absolute Gasteiger partial charge is 0.302 e. The van der Waals surface area contributed by atoms with E-state index in [0.29, 0.717) is 49.2 Å². The number of hydrogen-bond acceptors (Lipinski definition) is 7. The second-order valence-electron chi connectivity index (χ2n) is 13.8. The molecule has 7 heteroatoms. The minimum Gasteiger partial charge on any atom is -0.465 e. The van der Waals surface area contributed by atoms with Crippen LogP contribution in [0.4, 0.5) is 0 Å². The lowest BCUT2D eigenvalue weighted by molar-refractivity contribution is -0.283. The Kier molecular flexibility index (Phi) is 8.41. The predicted octanol–water partition coefficient (Wildman–Crippen LogP) is 4.85. The van der Waals surface area contributed by atoms with E-state index in [0.717, 1.165) is 32.1 Å². The molecule has 6 unspecified atom stereocenters. The van der Waals surface area contributed by atoms with Gasteiger partial charge in [-0.3, -0.25) is 14.4 Å². The van der Waals surface area contributed by atoms with Gasteiger partial charge in [0, 0.05) is 38.0 Å². The van der Waals surface area contributed by atoms with Crippen molar-refractivity contribution >= 4 is 17.7 Å². The van der Waals surface area contributed by atoms with E-state index in [1.807, 2.05) is 13.8 Å². The molecule has 0 aliphatic heterocycles. The van der Waals surface area contributed by atoms with Crippen molar-refractivity contribution in [2.24, 2.45) is 46.3 Å². The lowest BCUT2D eigenvalue weighted by Gasteiger charge is -2.66. The number of ether oxygens (including phenoxy) is 2. The van der Waals surface area contributed by atoms with Gasteiger partial charge in [0.15, 0.2) is 0 Å². The van der Waals surface area contributed by atoms with E-state index >= 15 is 0 Å². The number of carbonyl (C=O) groups is 3. The maximum atomic E-state index is 12.3. The van der Waals surface area contributed by atoms with Gasteiger partial charge in [-0.15, -0.1) is 0 Å². The predicted molar refractivity (Wildman–Crippen MR) is 143 cm³/mol. The first-order valence-corrected chi connectivity index (χ1v) is 15.0. The highest BCUT2D eigenvalue weighted by Gasteiger charge is 2.70. The molecule has 216 valence electrons. The van der Waals surface area contributed by atoms with Gasteiger partial charge >= 0.3 is 11.9 Å². The summed E-state index contributed by atoms with van der Waals surface area (Å²) in [6.45, 7) is 11.5. The molecule has 0 spiro atoms. The zero-order valence-corrected chi connectivity index (χ0v) is 24.3. The highest BCUT2D eigenvalue weighted by Crippen LogP contribution is 2.69. The second kappa shape index (κ2) is 10.8. The number of hydrogen-bond donors (Lipinski definition) is 2. The molecule has 0 aromatic carbocycles. The molecule has 7 nitrogen and oxygen atoms in total. The Morgan fingerprint density at radius 1 is 0.974 bits per heavy atom. The van der Waals surface area contributed by atoms with Crippen LogP contribution in [0, 0.1) is 46.3 Å². The third kappa shape index (κ3) is 4.95. The van der Waals surface area contributed by atoms with Gasteiger partial charge in [-0.2, -0.15) is 0 Å². The van der Waals surface area contributed by atoms with Gasteiger partial charge in [0.05, 0.1) is 6.10 Å². The normalized spacial score (nSPS) is 43.0. The summed E-state index contributed by atoms with van der Waals surface area (Å²) < 4.78 is 11.1. The Balaban J connectivity index is 1.60. The Morgan fingerprint density at radius 2 is 1.68 bits per heavy atom. The molecule has 0 saturated heterocycles. The van der Waals surface area contributed by atoms with E-state index in [-0.39, 0.29) is 48.1 Å². The van der Waals surface area contributed by atoms with E-state index < -0.39 is 23.2 Å². The molecule has 4 fully saturated rings. The fraction of sp³-hybridized carbons (Fsp3) is 0.903. The standard InChI is InChI=1S/C31H50O7/c1-18(2)27(34)10-7-19(3)24-8-9-25-23-15-28(35)31(36)16-22(38-21(5)33)11-14-30(31,17-37-20(4)32)26(23)12-13-29(24,25)6/h18-19,22-26,28,35-36H,7-17H2,1-6H3/t19?,22-,23?,24?,25?,26?,28+,29+,30-,31?/m0/s1. The fourth-order valence-electron chi connectivity index (χ4n) is 9.72. The minimum absolute atomic E-state index is 0.0800. The minimum atomic E-state index is -1.47. The van der Waals surface area contributed by atoms with Crippen LogP contribution in [0.15, 0.2) is 0 Å². The SMILES string of the molecule is CC(=O)OC[C@]12CC[C@H](OC(C)=O)CC1(O)[C@H](O)CC1C3CCC(C(C)CCC(=O)C(C)C)[C@@]3(C)CCC12. The summed E-state index contributed by atoms with van der Waals surface area (Å²) in [5, 5.41) is 23.8. The fourth-order valence-corrected chi connectivity index (χ4v) is 9.72. The summed E-state index contributed by atoms with van der Waals surface area (Å²) in [5.41, 5.74) is -2.10. The summed E-state index contributed by atoms with van der Waals surface area (Å²) in [7, 11) is 0. The maximum Gasteiger partial charge on any atom is 0.302 e. The van der Waals surface area contributed by atoms with Gasteiger partial charge in [-0.1, -0.05) is 27.7 Å². The Hall–Kier alpha value is -1.47. The van der Waals surface area contributed by atoms with Crippen molar-refractivity contribution in [1.29, 1.82) is 0 Å². The lowest BCUT2D eigenvalue weighted by atomic mass is 9.42. The molecular formula is C31H50O7. The van der Waals surface area contributed by atoms with Crippen molar-refractivity contribution < 1.29 is 34.1 Å². The molecule has 0 amide bonds. The second-order valence-corrected chi connectivity index (χ2v) is 13.8. The quantitative estimate of drug-likeness (QED) is 0.429. The van der Waals surface area contributed by atoms with Crippen molar-refractivity contribution in [3.63, 3.8) is 0 Å². The topological polar surface area (TPSA) is 110 Å². The molecular weight excluding hydrogens is 484 g/mol. The molecule has 4 saturated carbocycles. The van der Waals surface area contributed by atoms with Crippen LogP contribution in [0.3, 0.4) is 0 Å². The van der Waals surface area contributed by atoms with Crippen molar-refractivity contribution in [1.82, 2.24) is 0 Å². The van der Waals surface area contributed by atoms with E-state index in [2.05, 4.69) is 13.8 Å². The molecule has 0 radical (unpaired) electrons. The average molecular weight is 535 g/mol. The van der Waals surface area contributed by atoms with Crippen LogP contribution in [-0.4, -0.2) is 52.4 Å².